The fourth-order valence-corrected chi connectivity index (χ4v) is 3.02. The number of imidazole rings is 1. The summed E-state index contributed by atoms with van der Waals surface area (Å²) in [5, 5.41) is 0. The largest absolute Gasteiger partial charge is 0.290 e. The minimum absolute atomic E-state index is 0.205. The molecule has 0 atom stereocenters. The van der Waals surface area contributed by atoms with Gasteiger partial charge < -0.3 is 0 Å². The van der Waals surface area contributed by atoms with Crippen LogP contribution in [0.15, 0.2) is 36.7 Å². The summed E-state index contributed by atoms with van der Waals surface area (Å²) in [4.78, 5) is 6.56. The number of nitrogens with zero attached hydrogens (tertiary/aromatic N) is 2. The molecule has 1 aromatic carbocycles. The average Bonchev–Trinajstić information content (AvgIpc) is 2.89. The molecular weight excluding hydrogens is 235 g/mol. The van der Waals surface area contributed by atoms with Crippen LogP contribution in [0.25, 0.3) is 16.2 Å². The van der Waals surface area contributed by atoms with Gasteiger partial charge in [-0.25, -0.2) is 9.37 Å². The van der Waals surface area contributed by atoms with Crippen molar-refractivity contribution in [1.29, 1.82) is 0 Å². The van der Waals surface area contributed by atoms with E-state index in [0.29, 0.717) is 0 Å². The van der Waals surface area contributed by atoms with Crippen LogP contribution >= 0.6 is 11.3 Å². The Labute approximate surface area is 102 Å². The highest BCUT2D eigenvalue weighted by molar-refractivity contribution is 7.17. The van der Waals surface area contributed by atoms with Crippen LogP contribution in [0, 0.1) is 5.82 Å². The molecule has 3 aromatic rings. The van der Waals surface area contributed by atoms with Crippen molar-refractivity contribution >= 4 is 16.3 Å². The highest BCUT2D eigenvalue weighted by Crippen LogP contribution is 2.31. The third-order valence-electron chi connectivity index (χ3n) is 2.77. The number of aromatic nitrogens is 2. The van der Waals surface area contributed by atoms with Gasteiger partial charge in [0, 0.05) is 17.3 Å². The lowest BCUT2D eigenvalue weighted by Crippen LogP contribution is -1.88. The number of thiazole rings is 1. The van der Waals surface area contributed by atoms with Gasteiger partial charge in [-0.1, -0.05) is 6.92 Å². The Bertz CT molecular complexity index is 652. The van der Waals surface area contributed by atoms with Gasteiger partial charge in [0.1, 0.15) is 5.82 Å². The van der Waals surface area contributed by atoms with Crippen LogP contribution in [0.4, 0.5) is 4.39 Å². The zero-order valence-electron chi connectivity index (χ0n) is 9.35. The Morgan fingerprint density at radius 2 is 2.06 bits per heavy atom. The first-order chi connectivity index (χ1) is 8.29. The molecule has 0 aliphatic heterocycles. The second-order valence-electron chi connectivity index (χ2n) is 3.81. The quantitative estimate of drug-likeness (QED) is 0.673. The zero-order valence-corrected chi connectivity index (χ0v) is 10.2. The number of aryl methyl sites for hydroxylation is 1. The number of hydrogen-bond acceptors (Lipinski definition) is 2. The lowest BCUT2D eigenvalue weighted by molar-refractivity contribution is 0.628. The van der Waals surface area contributed by atoms with Crippen molar-refractivity contribution in [2.75, 3.05) is 0 Å². The SMILES string of the molecule is CCc1sc2nccn2c1-c1ccc(F)cc1. The first-order valence-corrected chi connectivity index (χ1v) is 6.32. The van der Waals surface area contributed by atoms with Crippen molar-refractivity contribution in [3.05, 3.63) is 47.4 Å². The maximum Gasteiger partial charge on any atom is 0.194 e. The fraction of sp³-hybridized carbons (Fsp3) is 0.154. The van der Waals surface area contributed by atoms with E-state index in [-0.39, 0.29) is 5.82 Å². The normalized spacial score (nSPS) is 11.2. The summed E-state index contributed by atoms with van der Waals surface area (Å²) in [6.07, 6.45) is 4.70. The number of benzene rings is 1. The van der Waals surface area contributed by atoms with E-state index in [9.17, 15) is 4.39 Å². The van der Waals surface area contributed by atoms with Crippen LogP contribution in [-0.2, 0) is 6.42 Å². The van der Waals surface area contributed by atoms with Crippen molar-refractivity contribution in [2.45, 2.75) is 13.3 Å². The average molecular weight is 246 g/mol. The molecule has 3 rings (SSSR count). The molecule has 2 aromatic heterocycles. The molecule has 2 nitrogen and oxygen atoms in total. The molecule has 0 radical (unpaired) electrons. The van der Waals surface area contributed by atoms with Gasteiger partial charge >= 0.3 is 0 Å². The molecule has 0 unspecified atom stereocenters. The molecule has 0 aliphatic rings. The monoisotopic (exact) mass is 246 g/mol. The molecule has 2 heterocycles. The number of hydrogen-bond donors (Lipinski definition) is 0. The molecule has 0 saturated carbocycles. The van der Waals surface area contributed by atoms with E-state index in [0.717, 1.165) is 22.6 Å². The third kappa shape index (κ3) is 1.65. The molecule has 0 fully saturated rings. The van der Waals surface area contributed by atoms with E-state index >= 15 is 0 Å². The highest BCUT2D eigenvalue weighted by Gasteiger charge is 2.12. The minimum atomic E-state index is -0.205. The van der Waals surface area contributed by atoms with Gasteiger partial charge in [-0.3, -0.25) is 4.40 Å². The first kappa shape index (κ1) is 10.5. The van der Waals surface area contributed by atoms with E-state index in [2.05, 4.69) is 16.3 Å². The number of rotatable bonds is 2. The van der Waals surface area contributed by atoms with Crippen LogP contribution in [0.3, 0.4) is 0 Å². The van der Waals surface area contributed by atoms with E-state index in [1.807, 2.05) is 18.3 Å². The van der Waals surface area contributed by atoms with Crippen LogP contribution < -0.4 is 0 Å². The van der Waals surface area contributed by atoms with Crippen LogP contribution in [0.1, 0.15) is 11.8 Å². The number of fused-ring (bicyclic) bond motifs is 1. The molecule has 0 saturated heterocycles. The topological polar surface area (TPSA) is 17.3 Å². The maximum atomic E-state index is 12.9. The third-order valence-corrected chi connectivity index (χ3v) is 3.98. The van der Waals surface area contributed by atoms with Crippen LogP contribution in [0.5, 0.6) is 0 Å². The molecule has 86 valence electrons. The van der Waals surface area contributed by atoms with E-state index in [1.165, 1.54) is 17.0 Å². The van der Waals surface area contributed by atoms with Gasteiger partial charge in [-0.2, -0.15) is 0 Å². The van der Waals surface area contributed by atoms with Crippen molar-refractivity contribution in [2.24, 2.45) is 0 Å². The summed E-state index contributed by atoms with van der Waals surface area (Å²) in [5.74, 6) is -0.205. The van der Waals surface area contributed by atoms with Gasteiger partial charge in [-0.05, 0) is 36.2 Å². The Balaban J connectivity index is 2.26. The second-order valence-corrected chi connectivity index (χ2v) is 4.88. The lowest BCUT2D eigenvalue weighted by Gasteiger charge is -2.03. The number of halogens is 1. The lowest BCUT2D eigenvalue weighted by atomic mass is 10.1. The van der Waals surface area contributed by atoms with Gasteiger partial charge in [0.05, 0.1) is 5.69 Å². The molecule has 4 heteroatoms. The predicted molar refractivity (Wildman–Crippen MR) is 67.8 cm³/mol. The summed E-state index contributed by atoms with van der Waals surface area (Å²) in [7, 11) is 0. The summed E-state index contributed by atoms with van der Waals surface area (Å²) in [5.41, 5.74) is 2.16. The predicted octanol–water partition coefficient (Wildman–Crippen LogP) is 3.76. The second kappa shape index (κ2) is 3.96. The van der Waals surface area contributed by atoms with E-state index in [1.54, 1.807) is 17.5 Å². The van der Waals surface area contributed by atoms with Crippen LogP contribution in [0.2, 0.25) is 0 Å². The highest BCUT2D eigenvalue weighted by atomic mass is 32.1. The summed E-state index contributed by atoms with van der Waals surface area (Å²) < 4.78 is 15.0. The van der Waals surface area contributed by atoms with Crippen LogP contribution in [-0.4, -0.2) is 9.38 Å². The standard InChI is InChI=1S/C13H11FN2S/c1-2-11-12(9-3-5-10(14)6-4-9)16-8-7-15-13(16)17-11/h3-8H,2H2,1H3. The summed E-state index contributed by atoms with van der Waals surface area (Å²) in [6, 6.07) is 6.62. The molecule has 0 amide bonds. The molecule has 0 spiro atoms. The molecular formula is C13H11FN2S. The van der Waals surface area contributed by atoms with Gasteiger partial charge in [-0.15, -0.1) is 11.3 Å². The Kier molecular flexibility index (Phi) is 2.44. The zero-order chi connectivity index (χ0) is 11.8. The van der Waals surface area contributed by atoms with E-state index in [4.69, 9.17) is 0 Å². The van der Waals surface area contributed by atoms with Crippen molar-refractivity contribution in [3.8, 4) is 11.3 Å². The van der Waals surface area contributed by atoms with Crippen molar-refractivity contribution in [3.63, 3.8) is 0 Å². The van der Waals surface area contributed by atoms with E-state index < -0.39 is 0 Å². The summed E-state index contributed by atoms with van der Waals surface area (Å²) in [6.45, 7) is 2.12. The van der Waals surface area contributed by atoms with Crippen molar-refractivity contribution < 1.29 is 4.39 Å². The summed E-state index contributed by atoms with van der Waals surface area (Å²) >= 11 is 1.69. The van der Waals surface area contributed by atoms with Crippen molar-refractivity contribution in [1.82, 2.24) is 9.38 Å². The molecule has 17 heavy (non-hydrogen) atoms. The molecule has 0 bridgehead atoms. The minimum Gasteiger partial charge on any atom is -0.290 e. The molecule has 0 aliphatic carbocycles. The van der Waals surface area contributed by atoms with Gasteiger partial charge in [0.2, 0.25) is 0 Å². The van der Waals surface area contributed by atoms with Gasteiger partial charge in [0.15, 0.2) is 4.96 Å². The van der Waals surface area contributed by atoms with Gasteiger partial charge in [0.25, 0.3) is 0 Å². The Morgan fingerprint density at radius 3 is 2.76 bits per heavy atom. The first-order valence-electron chi connectivity index (χ1n) is 5.50. The Hall–Kier alpha value is -1.68. The maximum absolute atomic E-state index is 12.9. The fourth-order valence-electron chi connectivity index (χ4n) is 1.98. The Morgan fingerprint density at radius 1 is 1.29 bits per heavy atom. The molecule has 0 N–H and O–H groups in total. The smallest absolute Gasteiger partial charge is 0.194 e.